The Morgan fingerprint density at radius 2 is 2.19 bits per heavy atom. The molecule has 2 atom stereocenters. The van der Waals surface area contributed by atoms with Crippen LogP contribution in [0.15, 0.2) is 0 Å². The smallest absolute Gasteiger partial charge is 0.304 e. The molecule has 2 rings (SSSR count). The summed E-state index contributed by atoms with van der Waals surface area (Å²) in [6.07, 6.45) is 4.11. The van der Waals surface area contributed by atoms with Crippen molar-refractivity contribution in [2.75, 3.05) is 33.2 Å². The molecule has 0 aromatic carbocycles. The van der Waals surface area contributed by atoms with E-state index in [9.17, 15) is 4.79 Å². The fourth-order valence-electron chi connectivity index (χ4n) is 3.18. The second-order valence-electron chi connectivity index (χ2n) is 5.18. The molecule has 0 saturated carbocycles. The molecule has 0 radical (unpaired) electrons. The van der Waals surface area contributed by atoms with Crippen molar-refractivity contribution in [3.8, 4) is 0 Å². The van der Waals surface area contributed by atoms with E-state index in [2.05, 4.69) is 16.8 Å². The lowest BCUT2D eigenvalue weighted by molar-refractivity contribution is -0.137. The lowest BCUT2D eigenvalue weighted by Gasteiger charge is -2.45. The highest BCUT2D eigenvalue weighted by Crippen LogP contribution is 2.29. The largest absolute Gasteiger partial charge is 0.481 e. The zero-order valence-corrected chi connectivity index (χ0v) is 10.1. The van der Waals surface area contributed by atoms with Gasteiger partial charge in [-0.05, 0) is 45.3 Å². The number of carbonyl (C=O) groups is 1. The summed E-state index contributed by atoms with van der Waals surface area (Å²) in [7, 11) is 2.23. The summed E-state index contributed by atoms with van der Waals surface area (Å²) < 4.78 is 0. The molecule has 1 N–H and O–H groups in total. The van der Waals surface area contributed by atoms with Gasteiger partial charge in [0.05, 0.1) is 6.42 Å². The first-order valence-corrected chi connectivity index (χ1v) is 6.31. The van der Waals surface area contributed by atoms with E-state index in [0.717, 1.165) is 31.6 Å². The number of fused-ring (bicyclic) bond motifs is 1. The van der Waals surface area contributed by atoms with Crippen LogP contribution in [0.3, 0.4) is 0 Å². The Morgan fingerprint density at radius 1 is 1.38 bits per heavy atom. The highest BCUT2D eigenvalue weighted by Gasteiger charge is 2.33. The molecule has 2 heterocycles. The van der Waals surface area contributed by atoms with Gasteiger partial charge in [0, 0.05) is 19.1 Å². The van der Waals surface area contributed by atoms with Crippen LogP contribution in [-0.2, 0) is 4.79 Å². The first-order chi connectivity index (χ1) is 7.66. The van der Waals surface area contributed by atoms with Gasteiger partial charge < -0.3 is 14.9 Å². The van der Waals surface area contributed by atoms with Crippen molar-refractivity contribution >= 4 is 5.97 Å². The van der Waals surface area contributed by atoms with Crippen molar-refractivity contribution in [3.63, 3.8) is 0 Å². The molecule has 2 fully saturated rings. The second kappa shape index (κ2) is 5.15. The number of rotatable bonds is 3. The first kappa shape index (κ1) is 11.9. The highest BCUT2D eigenvalue weighted by molar-refractivity contribution is 5.66. The minimum absolute atomic E-state index is 0.285. The fourth-order valence-corrected chi connectivity index (χ4v) is 3.18. The van der Waals surface area contributed by atoms with Crippen LogP contribution in [0, 0.1) is 5.92 Å². The van der Waals surface area contributed by atoms with E-state index >= 15 is 0 Å². The van der Waals surface area contributed by atoms with Crippen LogP contribution in [0.5, 0.6) is 0 Å². The Hall–Kier alpha value is -0.610. The molecule has 0 bridgehead atoms. The Kier molecular flexibility index (Phi) is 3.82. The van der Waals surface area contributed by atoms with E-state index in [1.807, 2.05) is 0 Å². The lowest BCUT2D eigenvalue weighted by Crippen LogP contribution is -2.52. The average molecular weight is 226 g/mol. The van der Waals surface area contributed by atoms with Crippen LogP contribution >= 0.6 is 0 Å². The molecule has 0 aromatic heterocycles. The molecule has 0 aromatic rings. The Morgan fingerprint density at radius 3 is 2.94 bits per heavy atom. The number of hydrogen-bond donors (Lipinski definition) is 1. The Labute approximate surface area is 97.2 Å². The van der Waals surface area contributed by atoms with Gasteiger partial charge in [0.1, 0.15) is 0 Å². The van der Waals surface area contributed by atoms with Crippen LogP contribution in [0.25, 0.3) is 0 Å². The maximum absolute atomic E-state index is 10.5. The highest BCUT2D eigenvalue weighted by atomic mass is 16.4. The molecule has 2 unspecified atom stereocenters. The summed E-state index contributed by atoms with van der Waals surface area (Å²) in [5, 5.41) is 8.68. The van der Waals surface area contributed by atoms with Gasteiger partial charge in [-0.25, -0.2) is 0 Å². The van der Waals surface area contributed by atoms with E-state index in [1.165, 1.54) is 25.8 Å². The van der Waals surface area contributed by atoms with Crippen molar-refractivity contribution in [1.82, 2.24) is 9.80 Å². The summed E-state index contributed by atoms with van der Waals surface area (Å²) in [6, 6.07) is 0.745. The van der Waals surface area contributed by atoms with E-state index in [0.29, 0.717) is 0 Å². The van der Waals surface area contributed by atoms with Crippen molar-refractivity contribution in [1.29, 1.82) is 0 Å². The van der Waals surface area contributed by atoms with Crippen LogP contribution in [0.4, 0.5) is 0 Å². The van der Waals surface area contributed by atoms with Crippen LogP contribution in [0.2, 0.25) is 0 Å². The molecule has 4 heteroatoms. The summed E-state index contributed by atoms with van der Waals surface area (Å²) in [4.78, 5) is 15.4. The zero-order valence-electron chi connectivity index (χ0n) is 10.1. The number of aliphatic carboxylic acids is 1. The van der Waals surface area contributed by atoms with Gasteiger partial charge in [0.15, 0.2) is 0 Å². The number of piperidine rings is 2. The molecular formula is C12H22N2O2. The van der Waals surface area contributed by atoms with E-state index in [-0.39, 0.29) is 6.42 Å². The molecule has 0 amide bonds. The van der Waals surface area contributed by atoms with Crippen LogP contribution < -0.4 is 0 Å². The lowest BCUT2D eigenvalue weighted by atomic mass is 9.84. The third-order valence-corrected chi connectivity index (χ3v) is 4.07. The number of carboxylic acids is 1. The minimum Gasteiger partial charge on any atom is -0.481 e. The van der Waals surface area contributed by atoms with Crippen molar-refractivity contribution in [2.45, 2.75) is 31.7 Å². The molecule has 2 aliphatic heterocycles. The maximum Gasteiger partial charge on any atom is 0.304 e. The molecule has 4 nitrogen and oxygen atoms in total. The third-order valence-electron chi connectivity index (χ3n) is 4.07. The van der Waals surface area contributed by atoms with Gasteiger partial charge in [0.2, 0.25) is 0 Å². The third kappa shape index (κ3) is 2.74. The molecule has 2 aliphatic rings. The number of nitrogens with zero attached hydrogens (tertiary/aromatic N) is 2. The van der Waals surface area contributed by atoms with E-state index < -0.39 is 5.97 Å². The molecular weight excluding hydrogens is 204 g/mol. The zero-order chi connectivity index (χ0) is 11.5. The normalized spacial score (nSPS) is 32.3. The van der Waals surface area contributed by atoms with Gasteiger partial charge in [-0.2, -0.15) is 0 Å². The Balaban J connectivity index is 1.83. The predicted octanol–water partition coefficient (Wildman–Crippen LogP) is 0.877. The SMILES string of the molecule is CN1CCCC2CN(CCC(=O)O)CCC21. The molecule has 0 aliphatic carbocycles. The van der Waals surface area contributed by atoms with Crippen LogP contribution in [-0.4, -0.2) is 60.1 Å². The van der Waals surface area contributed by atoms with Gasteiger partial charge in [0.25, 0.3) is 0 Å². The van der Waals surface area contributed by atoms with E-state index in [4.69, 9.17) is 5.11 Å². The summed E-state index contributed by atoms with van der Waals surface area (Å²) >= 11 is 0. The Bertz CT molecular complexity index is 257. The predicted molar refractivity (Wildman–Crippen MR) is 62.5 cm³/mol. The maximum atomic E-state index is 10.5. The van der Waals surface area contributed by atoms with Crippen molar-refractivity contribution < 1.29 is 9.90 Å². The van der Waals surface area contributed by atoms with Gasteiger partial charge in [-0.1, -0.05) is 0 Å². The monoisotopic (exact) mass is 226 g/mol. The summed E-state index contributed by atoms with van der Waals surface area (Å²) in [5.41, 5.74) is 0. The average Bonchev–Trinajstić information content (AvgIpc) is 2.26. The summed E-state index contributed by atoms with van der Waals surface area (Å²) in [5.74, 6) is 0.0872. The van der Waals surface area contributed by atoms with Gasteiger partial charge in [-0.3, -0.25) is 4.79 Å². The van der Waals surface area contributed by atoms with Crippen molar-refractivity contribution in [2.24, 2.45) is 5.92 Å². The second-order valence-corrected chi connectivity index (χ2v) is 5.18. The van der Waals surface area contributed by atoms with Gasteiger partial charge in [-0.15, -0.1) is 0 Å². The van der Waals surface area contributed by atoms with Crippen molar-refractivity contribution in [3.05, 3.63) is 0 Å². The van der Waals surface area contributed by atoms with E-state index in [1.54, 1.807) is 0 Å². The summed E-state index contributed by atoms with van der Waals surface area (Å²) in [6.45, 7) is 4.12. The molecule has 2 saturated heterocycles. The standard InChI is InChI=1S/C12H22N2O2/c1-13-6-2-3-10-9-14(7-4-11(10)13)8-5-12(15)16/h10-11H,2-9H2,1H3,(H,15,16). The topological polar surface area (TPSA) is 43.8 Å². The molecule has 92 valence electrons. The number of carboxylic acid groups (broad SMARTS) is 1. The quantitative estimate of drug-likeness (QED) is 0.776. The van der Waals surface area contributed by atoms with Gasteiger partial charge >= 0.3 is 5.97 Å². The molecule has 16 heavy (non-hydrogen) atoms. The fraction of sp³-hybridized carbons (Fsp3) is 0.917. The first-order valence-electron chi connectivity index (χ1n) is 6.31. The minimum atomic E-state index is -0.678. The van der Waals surface area contributed by atoms with Crippen LogP contribution in [0.1, 0.15) is 25.7 Å². The number of hydrogen-bond acceptors (Lipinski definition) is 3. The molecule has 0 spiro atoms. The number of likely N-dealkylation sites (tertiary alicyclic amines) is 2.